The summed E-state index contributed by atoms with van der Waals surface area (Å²) >= 11 is 0. The van der Waals surface area contributed by atoms with Crippen LogP contribution in [0.4, 0.5) is 8.78 Å². The van der Waals surface area contributed by atoms with Gasteiger partial charge in [-0.1, -0.05) is 6.07 Å². The molecule has 3 nitrogen and oxygen atoms in total. The molecule has 0 spiro atoms. The van der Waals surface area contributed by atoms with Gasteiger partial charge in [-0.15, -0.1) is 0 Å². The molecule has 0 heterocycles. The summed E-state index contributed by atoms with van der Waals surface area (Å²) in [6.45, 7) is 3.55. The molecule has 5 heteroatoms. The number of likely N-dealkylation sites (N-methyl/N-ethyl adjacent to an activating group) is 1. The lowest BCUT2D eigenvalue weighted by atomic mass is 10.2. The van der Waals surface area contributed by atoms with Crippen molar-refractivity contribution >= 4 is 0 Å². The first-order valence-electron chi connectivity index (χ1n) is 5.95. The number of rotatable bonds is 8. The van der Waals surface area contributed by atoms with Gasteiger partial charge >= 0.3 is 0 Å². The molecule has 0 fully saturated rings. The van der Waals surface area contributed by atoms with Gasteiger partial charge in [0.2, 0.25) is 0 Å². The van der Waals surface area contributed by atoms with Crippen LogP contribution in [0.25, 0.3) is 0 Å². The molecule has 102 valence electrons. The fourth-order valence-electron chi connectivity index (χ4n) is 1.59. The smallest absolute Gasteiger partial charge is 0.130 e. The van der Waals surface area contributed by atoms with Crippen LogP contribution in [0.15, 0.2) is 18.2 Å². The highest BCUT2D eigenvalue weighted by Gasteiger charge is 2.06. The first-order valence-corrected chi connectivity index (χ1v) is 5.95. The van der Waals surface area contributed by atoms with Crippen molar-refractivity contribution in [3.8, 4) is 0 Å². The highest BCUT2D eigenvalue weighted by Crippen LogP contribution is 2.11. The normalized spacial score (nSPS) is 11.2. The molecule has 1 N–H and O–H groups in total. The maximum Gasteiger partial charge on any atom is 0.130 e. The lowest BCUT2D eigenvalue weighted by molar-refractivity contribution is 0.197. The second kappa shape index (κ2) is 8.13. The summed E-state index contributed by atoms with van der Waals surface area (Å²) < 4.78 is 31.0. The summed E-state index contributed by atoms with van der Waals surface area (Å²) in [4.78, 5) is 1.98. The molecule has 0 saturated heterocycles. The van der Waals surface area contributed by atoms with Gasteiger partial charge in [0.05, 0.1) is 6.61 Å². The van der Waals surface area contributed by atoms with Gasteiger partial charge in [0, 0.05) is 44.9 Å². The molecule has 0 aliphatic rings. The van der Waals surface area contributed by atoms with Crippen molar-refractivity contribution in [1.82, 2.24) is 10.2 Å². The highest BCUT2D eigenvalue weighted by molar-refractivity contribution is 5.18. The van der Waals surface area contributed by atoms with Crippen LogP contribution in [0.3, 0.4) is 0 Å². The zero-order valence-corrected chi connectivity index (χ0v) is 10.9. The lowest BCUT2D eigenvalue weighted by Gasteiger charge is -2.17. The van der Waals surface area contributed by atoms with E-state index in [0.717, 1.165) is 25.7 Å². The van der Waals surface area contributed by atoms with Crippen LogP contribution in [0, 0.1) is 11.6 Å². The molecular weight excluding hydrogens is 238 g/mol. The van der Waals surface area contributed by atoms with Gasteiger partial charge in [-0.25, -0.2) is 8.78 Å². The van der Waals surface area contributed by atoms with Crippen molar-refractivity contribution in [1.29, 1.82) is 0 Å². The minimum absolute atomic E-state index is 0.470. The number of ether oxygens (including phenoxy) is 1. The average Bonchev–Trinajstić information content (AvgIpc) is 2.32. The Kier molecular flexibility index (Phi) is 6.78. The molecule has 0 aliphatic carbocycles. The van der Waals surface area contributed by atoms with Crippen LogP contribution < -0.4 is 5.32 Å². The topological polar surface area (TPSA) is 24.5 Å². The molecule has 18 heavy (non-hydrogen) atoms. The summed E-state index contributed by atoms with van der Waals surface area (Å²) in [5, 5.41) is 3.21. The van der Waals surface area contributed by atoms with Gasteiger partial charge in [-0.2, -0.15) is 0 Å². The molecular formula is C13H20F2N2O. The van der Waals surface area contributed by atoms with Crippen LogP contribution in [0.5, 0.6) is 0 Å². The third-order valence-corrected chi connectivity index (χ3v) is 2.61. The van der Waals surface area contributed by atoms with E-state index >= 15 is 0 Å². The van der Waals surface area contributed by atoms with Gasteiger partial charge < -0.3 is 15.0 Å². The number of hydrogen-bond donors (Lipinski definition) is 1. The van der Waals surface area contributed by atoms with Gasteiger partial charge in [0.15, 0.2) is 0 Å². The van der Waals surface area contributed by atoms with E-state index in [4.69, 9.17) is 4.74 Å². The maximum absolute atomic E-state index is 13.4. The number of methoxy groups -OCH3 is 1. The van der Waals surface area contributed by atoms with Crippen LogP contribution in [0.1, 0.15) is 5.56 Å². The lowest BCUT2D eigenvalue weighted by Crippen LogP contribution is -2.30. The van der Waals surface area contributed by atoms with E-state index in [0.29, 0.717) is 18.7 Å². The first kappa shape index (κ1) is 15.0. The SMILES string of the molecule is COCCNCCN(C)Cc1ccc(F)cc1F. The van der Waals surface area contributed by atoms with Gasteiger partial charge in [0.25, 0.3) is 0 Å². The Hall–Kier alpha value is -1.04. The van der Waals surface area contributed by atoms with Crippen molar-refractivity contribution in [3.05, 3.63) is 35.4 Å². The highest BCUT2D eigenvalue weighted by atomic mass is 19.1. The monoisotopic (exact) mass is 258 g/mol. The number of nitrogens with one attached hydrogen (secondary N) is 1. The Morgan fingerprint density at radius 3 is 2.72 bits per heavy atom. The van der Waals surface area contributed by atoms with Crippen molar-refractivity contribution in [2.45, 2.75) is 6.54 Å². The van der Waals surface area contributed by atoms with E-state index in [1.807, 2.05) is 11.9 Å². The third-order valence-electron chi connectivity index (χ3n) is 2.61. The molecule has 1 aromatic carbocycles. The standard InChI is InChI=1S/C13H20F2N2O/c1-17(7-5-16-6-8-18-2)10-11-3-4-12(14)9-13(11)15/h3-4,9,16H,5-8,10H2,1-2H3. The quantitative estimate of drug-likeness (QED) is 0.717. The van der Waals surface area contributed by atoms with Gasteiger partial charge in [-0.3, -0.25) is 0 Å². The van der Waals surface area contributed by atoms with Crippen LogP contribution >= 0.6 is 0 Å². The molecule has 0 aromatic heterocycles. The zero-order valence-electron chi connectivity index (χ0n) is 10.9. The summed E-state index contributed by atoms with van der Waals surface area (Å²) in [6, 6.07) is 3.68. The van der Waals surface area contributed by atoms with Crippen molar-refractivity contribution in [3.63, 3.8) is 0 Å². The molecule has 0 atom stereocenters. The predicted octanol–water partition coefficient (Wildman–Crippen LogP) is 1.63. The molecule has 1 rings (SSSR count). The van der Waals surface area contributed by atoms with E-state index < -0.39 is 11.6 Å². The minimum atomic E-state index is -0.542. The van der Waals surface area contributed by atoms with E-state index in [9.17, 15) is 8.78 Å². The van der Waals surface area contributed by atoms with Crippen LogP contribution in [-0.2, 0) is 11.3 Å². The molecule has 0 amide bonds. The first-order chi connectivity index (χ1) is 8.63. The Morgan fingerprint density at radius 1 is 1.28 bits per heavy atom. The molecule has 1 aromatic rings. The number of benzene rings is 1. The Balaban J connectivity index is 2.28. The maximum atomic E-state index is 13.4. The third kappa shape index (κ3) is 5.53. The van der Waals surface area contributed by atoms with E-state index in [2.05, 4.69) is 5.32 Å². The van der Waals surface area contributed by atoms with E-state index in [1.165, 1.54) is 12.1 Å². The Labute approximate surface area is 107 Å². The Bertz CT molecular complexity index is 361. The average molecular weight is 258 g/mol. The summed E-state index contributed by atoms with van der Waals surface area (Å²) in [5.41, 5.74) is 0.510. The molecule has 0 unspecified atom stereocenters. The molecule has 0 aliphatic heterocycles. The van der Waals surface area contributed by atoms with Crippen molar-refractivity contribution in [2.24, 2.45) is 0 Å². The van der Waals surface area contributed by atoms with E-state index in [-0.39, 0.29) is 0 Å². The van der Waals surface area contributed by atoms with Crippen molar-refractivity contribution < 1.29 is 13.5 Å². The van der Waals surface area contributed by atoms with Crippen molar-refractivity contribution in [2.75, 3.05) is 40.4 Å². The number of nitrogens with zero attached hydrogens (tertiary/aromatic N) is 1. The van der Waals surface area contributed by atoms with Gasteiger partial charge in [0.1, 0.15) is 11.6 Å². The van der Waals surface area contributed by atoms with E-state index in [1.54, 1.807) is 7.11 Å². The fraction of sp³-hybridized carbons (Fsp3) is 0.538. The summed E-state index contributed by atoms with van der Waals surface area (Å²) in [7, 11) is 3.56. The fourth-order valence-corrected chi connectivity index (χ4v) is 1.59. The Morgan fingerprint density at radius 2 is 2.06 bits per heavy atom. The number of hydrogen-bond acceptors (Lipinski definition) is 3. The predicted molar refractivity (Wildman–Crippen MR) is 67.4 cm³/mol. The van der Waals surface area contributed by atoms with Gasteiger partial charge in [-0.05, 0) is 13.1 Å². The zero-order chi connectivity index (χ0) is 13.4. The molecule has 0 radical (unpaired) electrons. The van der Waals surface area contributed by atoms with Crippen LogP contribution in [-0.4, -0.2) is 45.3 Å². The second-order valence-corrected chi connectivity index (χ2v) is 4.22. The number of halogens is 2. The molecule has 0 saturated carbocycles. The summed E-state index contributed by atoms with van der Waals surface area (Å²) in [5.74, 6) is -1.03. The largest absolute Gasteiger partial charge is 0.383 e. The summed E-state index contributed by atoms with van der Waals surface area (Å²) in [6.07, 6.45) is 0. The molecule has 0 bridgehead atoms. The minimum Gasteiger partial charge on any atom is -0.383 e. The van der Waals surface area contributed by atoms with Crippen LogP contribution in [0.2, 0.25) is 0 Å². The second-order valence-electron chi connectivity index (χ2n) is 4.22.